The number of aromatic nitrogens is 3. The van der Waals surface area contributed by atoms with E-state index in [-0.39, 0.29) is 20.6 Å². The van der Waals surface area contributed by atoms with Gasteiger partial charge in [-0.25, -0.2) is 18.4 Å². The van der Waals surface area contributed by atoms with Gasteiger partial charge in [-0.05, 0) is 76.1 Å². The maximum atomic E-state index is 13.8. The Labute approximate surface area is 254 Å². The van der Waals surface area contributed by atoms with E-state index >= 15 is 0 Å². The molecule has 0 atom stereocenters. The van der Waals surface area contributed by atoms with E-state index in [1.54, 1.807) is 51.4 Å². The van der Waals surface area contributed by atoms with E-state index in [2.05, 4.69) is 15.3 Å². The molecule has 1 aliphatic heterocycles. The first-order valence-corrected chi connectivity index (χ1v) is 15.6. The molecule has 1 saturated heterocycles. The molecule has 1 aliphatic rings. The van der Waals surface area contributed by atoms with E-state index < -0.39 is 28.1 Å². The molecule has 0 bridgehead atoms. The second-order valence-corrected chi connectivity index (χ2v) is 13.7. The first kappa shape index (κ1) is 30.1. The summed E-state index contributed by atoms with van der Waals surface area (Å²) in [6.07, 6.45) is 7.03. The zero-order chi connectivity index (χ0) is 30.1. The Hall–Kier alpha value is -3.38. The zero-order valence-corrected chi connectivity index (χ0v) is 25.7. The van der Waals surface area contributed by atoms with Crippen molar-refractivity contribution in [2.75, 3.05) is 29.4 Å². The molecule has 0 aliphatic carbocycles. The Kier molecular flexibility index (Phi) is 8.66. The summed E-state index contributed by atoms with van der Waals surface area (Å²) in [7, 11) is -4.26. The number of hydrogen-bond acceptors (Lipinski definition) is 8. The maximum Gasteiger partial charge on any atom is 0.327 e. The maximum absolute atomic E-state index is 13.8. The third-order valence-corrected chi connectivity index (χ3v) is 8.72. The SMILES string of the molecule is CC(C)(C)OC(=O)CN(c1ccc2c(ccn2-c2cnc(NC3CCOCC3)cn2)c1)S(=O)(=O)c1cc(Cl)cc(Cl)c1. The summed E-state index contributed by atoms with van der Waals surface area (Å²) in [4.78, 5) is 21.8. The van der Waals surface area contributed by atoms with Crippen molar-refractivity contribution >= 4 is 61.6 Å². The van der Waals surface area contributed by atoms with Crippen LogP contribution in [-0.2, 0) is 24.3 Å². The molecule has 0 saturated carbocycles. The highest BCUT2D eigenvalue weighted by molar-refractivity contribution is 7.92. The number of benzene rings is 2. The van der Waals surface area contributed by atoms with E-state index in [0.717, 1.165) is 41.3 Å². The fourth-order valence-corrected chi connectivity index (χ4v) is 6.80. The standard InChI is InChI=1S/C29H31Cl2N5O5S/c1-29(2,3)41-28(37)18-36(42(38,39)24-14-20(30)13-21(31)15-24)23-4-5-25-19(12-23)6-9-35(25)27-17-32-26(16-33-27)34-22-7-10-40-11-8-22/h4-6,9,12-17,22H,7-8,10-11,18H2,1-3H3,(H,32,34). The van der Waals surface area contributed by atoms with Gasteiger partial charge in [-0.3, -0.25) is 13.7 Å². The van der Waals surface area contributed by atoms with Gasteiger partial charge in [0.2, 0.25) is 0 Å². The van der Waals surface area contributed by atoms with Crippen LogP contribution in [0.3, 0.4) is 0 Å². The van der Waals surface area contributed by atoms with Crippen molar-refractivity contribution in [2.45, 2.75) is 50.2 Å². The number of anilines is 2. The van der Waals surface area contributed by atoms with E-state index in [4.69, 9.17) is 32.7 Å². The van der Waals surface area contributed by atoms with Gasteiger partial charge in [0.05, 0.1) is 28.5 Å². The van der Waals surface area contributed by atoms with Crippen molar-refractivity contribution < 1.29 is 22.7 Å². The van der Waals surface area contributed by atoms with Crippen LogP contribution < -0.4 is 9.62 Å². The average molecular weight is 633 g/mol. The molecule has 3 heterocycles. The lowest BCUT2D eigenvalue weighted by Crippen LogP contribution is -2.39. The largest absolute Gasteiger partial charge is 0.459 e. The van der Waals surface area contributed by atoms with Gasteiger partial charge in [0, 0.05) is 40.9 Å². The lowest BCUT2D eigenvalue weighted by Gasteiger charge is -2.26. The number of rotatable bonds is 8. The van der Waals surface area contributed by atoms with Crippen molar-refractivity contribution in [3.05, 3.63) is 71.1 Å². The second kappa shape index (κ2) is 12.1. The highest BCUT2D eigenvalue weighted by Crippen LogP contribution is 2.31. The Morgan fingerprint density at radius 3 is 2.43 bits per heavy atom. The van der Waals surface area contributed by atoms with Gasteiger partial charge in [0.15, 0.2) is 5.82 Å². The Balaban J connectivity index is 1.46. The molecule has 4 aromatic rings. The Morgan fingerprint density at radius 1 is 1.07 bits per heavy atom. The number of carbonyl (C=O) groups excluding carboxylic acids is 1. The van der Waals surface area contributed by atoms with Crippen molar-refractivity contribution in [1.82, 2.24) is 14.5 Å². The van der Waals surface area contributed by atoms with Crippen LogP contribution in [0.15, 0.2) is 66.0 Å². The monoisotopic (exact) mass is 631 g/mol. The van der Waals surface area contributed by atoms with Crippen LogP contribution >= 0.6 is 23.2 Å². The molecule has 13 heteroatoms. The van der Waals surface area contributed by atoms with Crippen LogP contribution in [0.25, 0.3) is 16.7 Å². The molecular formula is C29H31Cl2N5O5S. The summed E-state index contributed by atoms with van der Waals surface area (Å²) < 4.78 is 41.4. The highest BCUT2D eigenvalue weighted by Gasteiger charge is 2.30. The zero-order valence-electron chi connectivity index (χ0n) is 23.4. The summed E-state index contributed by atoms with van der Waals surface area (Å²) in [5, 5.41) is 4.43. The van der Waals surface area contributed by atoms with Crippen molar-refractivity contribution in [3.8, 4) is 5.82 Å². The Bertz CT molecular complexity index is 1680. The molecular weight excluding hydrogens is 601 g/mol. The number of sulfonamides is 1. The highest BCUT2D eigenvalue weighted by atomic mass is 35.5. The van der Waals surface area contributed by atoms with Crippen LogP contribution in [0.2, 0.25) is 10.0 Å². The summed E-state index contributed by atoms with van der Waals surface area (Å²) in [5.74, 6) is 0.581. The third kappa shape index (κ3) is 6.97. The van der Waals surface area contributed by atoms with Gasteiger partial charge >= 0.3 is 5.97 Å². The number of hydrogen-bond donors (Lipinski definition) is 1. The minimum Gasteiger partial charge on any atom is -0.459 e. The lowest BCUT2D eigenvalue weighted by atomic mass is 10.1. The molecule has 222 valence electrons. The molecule has 1 N–H and O–H groups in total. The fraction of sp³-hybridized carbons (Fsp3) is 0.345. The fourth-order valence-electron chi connectivity index (χ4n) is 4.67. The molecule has 1 fully saturated rings. The summed E-state index contributed by atoms with van der Waals surface area (Å²) >= 11 is 12.2. The van der Waals surface area contributed by atoms with Crippen molar-refractivity contribution in [2.24, 2.45) is 0 Å². The normalized spacial score (nSPS) is 14.6. The topological polar surface area (TPSA) is 116 Å². The number of nitrogens with one attached hydrogen (secondary N) is 1. The van der Waals surface area contributed by atoms with Gasteiger partial charge in [0.1, 0.15) is 18.0 Å². The minimum atomic E-state index is -4.26. The van der Waals surface area contributed by atoms with Gasteiger partial charge in [-0.15, -0.1) is 0 Å². The number of ether oxygens (including phenoxy) is 2. The van der Waals surface area contributed by atoms with Gasteiger partial charge in [-0.1, -0.05) is 23.2 Å². The third-order valence-electron chi connectivity index (χ3n) is 6.54. The van der Waals surface area contributed by atoms with Crippen LogP contribution in [0, 0.1) is 0 Å². The molecule has 0 spiro atoms. The molecule has 2 aromatic heterocycles. The van der Waals surface area contributed by atoms with Gasteiger partial charge < -0.3 is 14.8 Å². The van der Waals surface area contributed by atoms with E-state index in [9.17, 15) is 13.2 Å². The molecule has 10 nitrogen and oxygen atoms in total. The first-order valence-electron chi connectivity index (χ1n) is 13.4. The summed E-state index contributed by atoms with van der Waals surface area (Å²) in [6, 6.07) is 11.2. The van der Waals surface area contributed by atoms with E-state index in [1.807, 2.05) is 16.8 Å². The second-order valence-electron chi connectivity index (χ2n) is 10.9. The van der Waals surface area contributed by atoms with E-state index in [0.29, 0.717) is 17.7 Å². The molecule has 2 aromatic carbocycles. The van der Waals surface area contributed by atoms with E-state index in [1.165, 1.54) is 18.2 Å². The number of nitrogens with zero attached hydrogens (tertiary/aromatic N) is 4. The molecule has 0 radical (unpaired) electrons. The smallest absolute Gasteiger partial charge is 0.327 e. The quantitative estimate of drug-likeness (QED) is 0.241. The predicted molar refractivity (Wildman–Crippen MR) is 163 cm³/mol. The van der Waals surface area contributed by atoms with Crippen molar-refractivity contribution in [3.63, 3.8) is 0 Å². The van der Waals surface area contributed by atoms with Crippen LogP contribution in [0.4, 0.5) is 11.5 Å². The van der Waals surface area contributed by atoms with Gasteiger partial charge in [0.25, 0.3) is 10.0 Å². The average Bonchev–Trinajstić information content (AvgIpc) is 3.34. The molecule has 0 unspecified atom stereocenters. The molecule has 0 amide bonds. The summed E-state index contributed by atoms with van der Waals surface area (Å²) in [5.41, 5.74) is 0.243. The predicted octanol–water partition coefficient (Wildman–Crippen LogP) is 5.86. The Morgan fingerprint density at radius 2 is 1.79 bits per heavy atom. The number of carbonyl (C=O) groups is 1. The number of esters is 1. The minimum absolute atomic E-state index is 0.147. The van der Waals surface area contributed by atoms with Gasteiger partial charge in [-0.2, -0.15) is 0 Å². The van der Waals surface area contributed by atoms with Crippen LogP contribution in [0.1, 0.15) is 33.6 Å². The van der Waals surface area contributed by atoms with Crippen LogP contribution in [-0.4, -0.2) is 60.3 Å². The van der Waals surface area contributed by atoms with Crippen molar-refractivity contribution in [1.29, 1.82) is 0 Å². The summed E-state index contributed by atoms with van der Waals surface area (Å²) in [6.45, 7) is 6.04. The lowest BCUT2D eigenvalue weighted by molar-refractivity contribution is -0.152. The first-order chi connectivity index (χ1) is 19.9. The molecule has 42 heavy (non-hydrogen) atoms. The molecule has 5 rings (SSSR count). The van der Waals surface area contributed by atoms with Crippen LogP contribution in [0.5, 0.6) is 0 Å². The number of fused-ring (bicyclic) bond motifs is 1. The number of halogens is 2.